The van der Waals surface area contributed by atoms with Crippen LogP contribution >= 0.6 is 0 Å². The van der Waals surface area contributed by atoms with E-state index in [1.54, 1.807) is 30.0 Å². The summed E-state index contributed by atoms with van der Waals surface area (Å²) >= 11 is 0. The standard InChI is InChI=1S/C24H25F5N6/c1-4-18(19-12-31-22(34-14(19)2)30-7-6-24(27,28)29)16-5-8-35-21(9-16)20(13-32-35)15(3)33-17-10-23(25,26)11-17/h4-5,8-9,12-13,17,33H,3,6-7,10-11H2,1-2H3,(H,30,31,34)/b18-4-. The van der Waals surface area contributed by atoms with E-state index >= 15 is 0 Å². The Labute approximate surface area is 199 Å². The minimum absolute atomic E-state index is 0.128. The summed E-state index contributed by atoms with van der Waals surface area (Å²) in [6.07, 6.45) is 1.21. The predicted molar refractivity (Wildman–Crippen MR) is 124 cm³/mol. The maximum Gasteiger partial charge on any atom is 0.390 e. The Kier molecular flexibility index (Phi) is 6.52. The van der Waals surface area contributed by atoms with E-state index in [-0.39, 0.29) is 31.4 Å². The van der Waals surface area contributed by atoms with Crippen molar-refractivity contribution in [3.05, 3.63) is 65.8 Å². The number of pyridine rings is 1. The van der Waals surface area contributed by atoms with Crippen LogP contribution in [0.3, 0.4) is 0 Å². The van der Waals surface area contributed by atoms with Crippen molar-refractivity contribution in [3.8, 4) is 0 Å². The number of alkyl halides is 5. The van der Waals surface area contributed by atoms with Gasteiger partial charge in [-0.3, -0.25) is 0 Å². The van der Waals surface area contributed by atoms with E-state index in [0.717, 1.165) is 22.2 Å². The molecule has 6 nitrogen and oxygen atoms in total. The molecule has 3 heterocycles. The highest BCUT2D eigenvalue weighted by Crippen LogP contribution is 2.38. The van der Waals surface area contributed by atoms with Crippen molar-refractivity contribution in [1.82, 2.24) is 24.9 Å². The lowest BCUT2D eigenvalue weighted by Gasteiger charge is -2.36. The number of aromatic nitrogens is 4. The van der Waals surface area contributed by atoms with Gasteiger partial charge in [0.15, 0.2) is 0 Å². The molecule has 186 valence electrons. The fourth-order valence-electron chi connectivity index (χ4n) is 4.08. The summed E-state index contributed by atoms with van der Waals surface area (Å²) in [6, 6.07) is 3.45. The second kappa shape index (κ2) is 9.27. The Morgan fingerprint density at radius 2 is 2.00 bits per heavy atom. The van der Waals surface area contributed by atoms with Crippen molar-refractivity contribution in [1.29, 1.82) is 0 Å². The van der Waals surface area contributed by atoms with Gasteiger partial charge in [-0.15, -0.1) is 0 Å². The zero-order chi connectivity index (χ0) is 25.4. The molecule has 1 aliphatic carbocycles. The van der Waals surface area contributed by atoms with Gasteiger partial charge < -0.3 is 10.6 Å². The van der Waals surface area contributed by atoms with E-state index < -0.39 is 18.5 Å². The molecule has 2 N–H and O–H groups in total. The van der Waals surface area contributed by atoms with Crippen LogP contribution in [-0.4, -0.2) is 44.3 Å². The zero-order valence-corrected chi connectivity index (χ0v) is 19.3. The minimum atomic E-state index is -4.25. The van der Waals surface area contributed by atoms with Gasteiger partial charge in [0.05, 0.1) is 23.8 Å². The number of hydrogen-bond acceptors (Lipinski definition) is 5. The number of halogens is 5. The third-order valence-electron chi connectivity index (χ3n) is 5.88. The van der Waals surface area contributed by atoms with Crippen molar-refractivity contribution in [3.63, 3.8) is 0 Å². The molecule has 0 radical (unpaired) electrons. The molecule has 3 aromatic heterocycles. The number of aryl methyl sites for hydroxylation is 1. The lowest BCUT2D eigenvalue weighted by Crippen LogP contribution is -2.47. The van der Waals surface area contributed by atoms with Crippen molar-refractivity contribution >= 4 is 22.7 Å². The van der Waals surface area contributed by atoms with E-state index in [0.29, 0.717) is 17.0 Å². The van der Waals surface area contributed by atoms with Crippen molar-refractivity contribution in [2.75, 3.05) is 11.9 Å². The molecule has 0 amide bonds. The van der Waals surface area contributed by atoms with Crippen LogP contribution in [0, 0.1) is 6.92 Å². The van der Waals surface area contributed by atoms with Crippen LogP contribution in [0.25, 0.3) is 16.8 Å². The number of nitrogens with one attached hydrogen (secondary N) is 2. The summed E-state index contributed by atoms with van der Waals surface area (Å²) in [5, 5.41) is 9.99. The molecule has 11 heteroatoms. The molecule has 0 atom stereocenters. The van der Waals surface area contributed by atoms with Gasteiger partial charge in [-0.1, -0.05) is 12.7 Å². The van der Waals surface area contributed by atoms with Gasteiger partial charge in [0.25, 0.3) is 5.92 Å². The van der Waals surface area contributed by atoms with E-state index in [2.05, 4.69) is 32.3 Å². The molecule has 0 aromatic carbocycles. The van der Waals surface area contributed by atoms with E-state index in [1.165, 1.54) is 0 Å². The van der Waals surface area contributed by atoms with E-state index in [1.807, 2.05) is 25.1 Å². The Morgan fingerprint density at radius 3 is 2.63 bits per heavy atom. The average Bonchev–Trinajstić information content (AvgIpc) is 3.17. The summed E-state index contributed by atoms with van der Waals surface area (Å²) in [4.78, 5) is 8.49. The van der Waals surface area contributed by atoms with E-state index in [4.69, 9.17) is 0 Å². The maximum absolute atomic E-state index is 13.2. The van der Waals surface area contributed by atoms with Crippen molar-refractivity contribution in [2.45, 2.75) is 51.3 Å². The molecular formula is C24H25F5N6. The monoisotopic (exact) mass is 492 g/mol. The number of rotatable bonds is 8. The summed E-state index contributed by atoms with van der Waals surface area (Å²) in [5.74, 6) is -2.50. The fourth-order valence-corrected chi connectivity index (χ4v) is 4.08. The molecule has 1 fully saturated rings. The number of nitrogens with zero attached hydrogens (tertiary/aromatic N) is 4. The molecule has 1 saturated carbocycles. The van der Waals surface area contributed by atoms with Crippen LogP contribution in [-0.2, 0) is 0 Å². The SMILES string of the molecule is C=C(NC1CC(F)(F)C1)c1cnn2ccc(/C(=C/C)c3cnc(NCCC(F)(F)F)nc3C)cc12. The average molecular weight is 492 g/mol. The zero-order valence-electron chi connectivity index (χ0n) is 19.3. The van der Waals surface area contributed by atoms with Crippen LogP contribution in [0.2, 0.25) is 0 Å². The minimum Gasteiger partial charge on any atom is -0.382 e. The Bertz CT molecular complexity index is 1270. The molecule has 0 spiro atoms. The first-order chi connectivity index (χ1) is 16.5. The molecule has 1 aliphatic rings. The quantitative estimate of drug-likeness (QED) is 0.401. The summed E-state index contributed by atoms with van der Waals surface area (Å²) in [6.45, 7) is 7.33. The molecule has 35 heavy (non-hydrogen) atoms. The first-order valence-corrected chi connectivity index (χ1v) is 11.1. The summed E-state index contributed by atoms with van der Waals surface area (Å²) < 4.78 is 65.2. The molecule has 0 aliphatic heterocycles. The number of hydrogen-bond donors (Lipinski definition) is 2. The molecule has 3 aromatic rings. The Hall–Kier alpha value is -3.50. The van der Waals surface area contributed by atoms with Gasteiger partial charge >= 0.3 is 6.18 Å². The third kappa shape index (κ3) is 5.60. The Morgan fingerprint density at radius 1 is 1.26 bits per heavy atom. The van der Waals surface area contributed by atoms with Crippen LogP contribution in [0.15, 0.2) is 43.4 Å². The molecular weight excluding hydrogens is 467 g/mol. The Balaban J connectivity index is 1.55. The van der Waals surface area contributed by atoms with Gasteiger partial charge in [-0.05, 0) is 37.1 Å². The number of allylic oxidation sites excluding steroid dienone is 1. The fraction of sp³-hybridized carbons (Fsp3) is 0.375. The normalized spacial score (nSPS) is 16.3. The number of anilines is 1. The lowest BCUT2D eigenvalue weighted by atomic mass is 9.88. The molecule has 4 rings (SSSR count). The summed E-state index contributed by atoms with van der Waals surface area (Å²) in [5.41, 5.74) is 4.98. The highest BCUT2D eigenvalue weighted by Gasteiger charge is 2.45. The van der Waals surface area contributed by atoms with Gasteiger partial charge in [0.1, 0.15) is 0 Å². The number of fused-ring (bicyclic) bond motifs is 1. The van der Waals surface area contributed by atoms with Gasteiger partial charge in [0, 0.05) is 54.6 Å². The molecule has 0 bridgehead atoms. The first-order valence-electron chi connectivity index (χ1n) is 11.1. The largest absolute Gasteiger partial charge is 0.390 e. The molecule has 0 unspecified atom stereocenters. The van der Waals surface area contributed by atoms with E-state index in [9.17, 15) is 22.0 Å². The highest BCUT2D eigenvalue weighted by molar-refractivity contribution is 5.84. The van der Waals surface area contributed by atoms with Crippen LogP contribution in [0.1, 0.15) is 48.6 Å². The smallest absolute Gasteiger partial charge is 0.382 e. The van der Waals surface area contributed by atoms with Gasteiger partial charge in [-0.25, -0.2) is 23.3 Å². The maximum atomic E-state index is 13.2. The summed E-state index contributed by atoms with van der Waals surface area (Å²) in [7, 11) is 0. The first kappa shape index (κ1) is 24.6. The second-order valence-corrected chi connectivity index (χ2v) is 8.57. The van der Waals surface area contributed by atoms with Crippen LogP contribution in [0.4, 0.5) is 27.9 Å². The van der Waals surface area contributed by atoms with Gasteiger partial charge in [0.2, 0.25) is 5.95 Å². The van der Waals surface area contributed by atoms with Crippen molar-refractivity contribution < 1.29 is 22.0 Å². The van der Waals surface area contributed by atoms with Crippen molar-refractivity contribution in [2.24, 2.45) is 0 Å². The topological polar surface area (TPSA) is 67.1 Å². The van der Waals surface area contributed by atoms with Crippen LogP contribution in [0.5, 0.6) is 0 Å². The van der Waals surface area contributed by atoms with Crippen LogP contribution < -0.4 is 10.6 Å². The van der Waals surface area contributed by atoms with Gasteiger partial charge in [-0.2, -0.15) is 18.3 Å². The third-order valence-corrected chi connectivity index (χ3v) is 5.88. The highest BCUT2D eigenvalue weighted by atomic mass is 19.4. The lowest BCUT2D eigenvalue weighted by molar-refractivity contribution is -0.131. The second-order valence-electron chi connectivity index (χ2n) is 8.57. The molecule has 0 saturated heterocycles. The predicted octanol–water partition coefficient (Wildman–Crippen LogP) is 5.61.